The average Bonchev–Trinajstić information content (AvgIpc) is 3.43. The van der Waals surface area contributed by atoms with Crippen molar-refractivity contribution in [2.45, 2.75) is 31.8 Å². The number of benzene rings is 4. The van der Waals surface area contributed by atoms with Gasteiger partial charge >= 0.3 is 0 Å². The largest absolute Gasteiger partial charge is 0.360 e. The predicted molar refractivity (Wildman–Crippen MR) is 180 cm³/mol. The molecule has 1 aliphatic heterocycles. The van der Waals surface area contributed by atoms with Crippen molar-refractivity contribution in [3.05, 3.63) is 161 Å². The molecule has 2 heterocycles. The molecule has 0 radical (unpaired) electrons. The van der Waals surface area contributed by atoms with E-state index in [4.69, 9.17) is 4.99 Å². The molecule has 0 saturated heterocycles. The third kappa shape index (κ3) is 4.77. The van der Waals surface area contributed by atoms with Crippen molar-refractivity contribution in [3.8, 4) is 16.8 Å². The minimum atomic E-state index is -0.120. The zero-order valence-corrected chi connectivity index (χ0v) is 24.1. The Morgan fingerprint density at radius 2 is 1.40 bits per heavy atom. The number of allylic oxidation sites excluding steroid dienone is 6. The van der Waals surface area contributed by atoms with Gasteiger partial charge in [-0.1, -0.05) is 109 Å². The van der Waals surface area contributed by atoms with Gasteiger partial charge in [-0.15, -0.1) is 0 Å². The zero-order valence-electron chi connectivity index (χ0n) is 24.1. The molecule has 0 saturated carbocycles. The molecule has 0 fully saturated rings. The Hall–Kier alpha value is -5.15. The van der Waals surface area contributed by atoms with E-state index >= 15 is 0 Å². The molecule has 3 aliphatic rings. The van der Waals surface area contributed by atoms with Crippen LogP contribution in [0.15, 0.2) is 144 Å². The van der Waals surface area contributed by atoms with Gasteiger partial charge in [-0.3, -0.25) is 4.99 Å². The van der Waals surface area contributed by atoms with Crippen molar-refractivity contribution < 1.29 is 0 Å². The van der Waals surface area contributed by atoms with Gasteiger partial charge in [0.2, 0.25) is 0 Å². The molecule has 43 heavy (non-hydrogen) atoms. The van der Waals surface area contributed by atoms with Gasteiger partial charge in [-0.25, -0.2) is 0 Å². The maximum Gasteiger partial charge on any atom is 0.145 e. The van der Waals surface area contributed by atoms with Crippen molar-refractivity contribution in [2.75, 3.05) is 0 Å². The van der Waals surface area contributed by atoms with Gasteiger partial charge in [0.05, 0.1) is 11.2 Å². The fourth-order valence-electron chi connectivity index (χ4n) is 6.57. The normalized spacial score (nSPS) is 17.6. The summed E-state index contributed by atoms with van der Waals surface area (Å²) in [6.07, 6.45) is 17.8. The Morgan fingerprint density at radius 3 is 2.19 bits per heavy atom. The highest BCUT2D eigenvalue weighted by molar-refractivity contribution is 6.14. The van der Waals surface area contributed by atoms with Crippen LogP contribution in [0, 0.1) is 0 Å². The number of nitrogens with one attached hydrogen (secondary N) is 1. The summed E-state index contributed by atoms with van der Waals surface area (Å²) in [5.74, 6) is 0. The summed E-state index contributed by atoms with van der Waals surface area (Å²) in [6.45, 7) is 0. The van der Waals surface area contributed by atoms with Crippen LogP contribution in [-0.4, -0.2) is 10.3 Å². The van der Waals surface area contributed by atoms with Gasteiger partial charge < -0.3 is 9.88 Å². The molecule has 0 amide bonds. The third-order valence-electron chi connectivity index (χ3n) is 8.76. The van der Waals surface area contributed by atoms with E-state index in [1.165, 1.54) is 44.5 Å². The summed E-state index contributed by atoms with van der Waals surface area (Å²) >= 11 is 0. The van der Waals surface area contributed by atoms with E-state index in [0.717, 1.165) is 48.2 Å². The lowest BCUT2D eigenvalue weighted by molar-refractivity contribution is 0.664. The first-order valence-electron chi connectivity index (χ1n) is 15.3. The van der Waals surface area contributed by atoms with Gasteiger partial charge in [0.15, 0.2) is 0 Å². The van der Waals surface area contributed by atoms with Crippen molar-refractivity contribution in [1.82, 2.24) is 9.88 Å². The zero-order chi connectivity index (χ0) is 28.6. The topological polar surface area (TPSA) is 29.3 Å². The lowest BCUT2D eigenvalue weighted by Crippen LogP contribution is -2.25. The molecule has 0 spiro atoms. The van der Waals surface area contributed by atoms with Gasteiger partial charge in [-0.2, -0.15) is 0 Å². The summed E-state index contributed by atoms with van der Waals surface area (Å²) in [6, 6.07) is 37.2. The molecule has 4 aromatic carbocycles. The molecule has 1 aromatic heterocycles. The Morgan fingerprint density at radius 1 is 0.674 bits per heavy atom. The summed E-state index contributed by atoms with van der Waals surface area (Å²) in [7, 11) is 0. The first-order valence-corrected chi connectivity index (χ1v) is 15.3. The van der Waals surface area contributed by atoms with Crippen LogP contribution in [0.5, 0.6) is 0 Å². The molecule has 1 atom stereocenters. The fourth-order valence-corrected chi connectivity index (χ4v) is 6.57. The van der Waals surface area contributed by atoms with E-state index in [-0.39, 0.29) is 6.17 Å². The van der Waals surface area contributed by atoms with Crippen LogP contribution in [0.1, 0.15) is 47.8 Å². The number of para-hydroxylation sites is 1. The fraction of sp³-hybridized carbons (Fsp3) is 0.125. The van der Waals surface area contributed by atoms with Crippen LogP contribution in [0.4, 0.5) is 0 Å². The average molecular weight is 556 g/mol. The number of aliphatic imine (C=N–C) groups is 1. The number of aromatic nitrogens is 1. The molecule has 8 rings (SSSR count). The Bertz CT molecular complexity index is 1960. The van der Waals surface area contributed by atoms with E-state index in [2.05, 4.69) is 149 Å². The van der Waals surface area contributed by atoms with Crippen LogP contribution in [-0.2, 0) is 6.42 Å². The molecule has 1 N–H and O–H groups in total. The number of fused-ring (bicyclic) bond motifs is 3. The highest BCUT2D eigenvalue weighted by Gasteiger charge is 2.21. The molecular weight excluding hydrogens is 522 g/mol. The Labute approximate surface area is 252 Å². The second-order valence-electron chi connectivity index (χ2n) is 11.5. The molecule has 5 aromatic rings. The third-order valence-corrected chi connectivity index (χ3v) is 8.76. The molecule has 3 nitrogen and oxygen atoms in total. The summed E-state index contributed by atoms with van der Waals surface area (Å²) in [5.41, 5.74) is 13.3. The molecule has 208 valence electrons. The highest BCUT2D eigenvalue weighted by atomic mass is 15.1. The van der Waals surface area contributed by atoms with Crippen molar-refractivity contribution in [1.29, 1.82) is 0 Å². The maximum atomic E-state index is 5.10. The van der Waals surface area contributed by atoms with Crippen LogP contribution >= 0.6 is 0 Å². The van der Waals surface area contributed by atoms with Crippen molar-refractivity contribution in [2.24, 2.45) is 4.99 Å². The standard InChI is InChI=1S/C40H33N3/c1-3-11-30(12-4-1)36-27-37(42-40(41-36)32-13-5-2-6-14-32)31-21-19-28(20-22-31)29-23-25-33(26-24-29)43-38-17-9-7-15-34(38)35-16-8-10-18-39(35)43/h2-3,5-7,9-15,17-27,40,42H,1,4,8,16H2. The van der Waals surface area contributed by atoms with Crippen molar-refractivity contribution >= 4 is 28.4 Å². The van der Waals surface area contributed by atoms with Gasteiger partial charge in [0.1, 0.15) is 6.17 Å². The lowest BCUT2D eigenvalue weighted by Gasteiger charge is -2.25. The number of hydrogen-bond donors (Lipinski definition) is 1. The van der Waals surface area contributed by atoms with E-state index in [9.17, 15) is 0 Å². The second kappa shape index (κ2) is 10.9. The minimum absolute atomic E-state index is 0.120. The minimum Gasteiger partial charge on any atom is -0.360 e. The summed E-state index contributed by atoms with van der Waals surface area (Å²) < 4.78 is 2.41. The molecule has 2 aliphatic carbocycles. The van der Waals surface area contributed by atoms with Crippen LogP contribution in [0.3, 0.4) is 0 Å². The summed E-state index contributed by atoms with van der Waals surface area (Å²) in [4.78, 5) is 5.10. The monoisotopic (exact) mass is 555 g/mol. The number of hydrogen-bond acceptors (Lipinski definition) is 2. The molecular formula is C40H33N3. The molecule has 3 heteroatoms. The second-order valence-corrected chi connectivity index (χ2v) is 11.5. The van der Waals surface area contributed by atoms with Crippen LogP contribution < -0.4 is 5.32 Å². The first kappa shape index (κ1) is 25.6. The van der Waals surface area contributed by atoms with Crippen molar-refractivity contribution in [3.63, 3.8) is 0 Å². The molecule has 0 bridgehead atoms. The Kier molecular flexibility index (Phi) is 6.49. The van der Waals surface area contributed by atoms with Gasteiger partial charge in [0, 0.05) is 22.5 Å². The van der Waals surface area contributed by atoms with Gasteiger partial charge in [0.25, 0.3) is 0 Å². The van der Waals surface area contributed by atoms with Crippen LogP contribution in [0.25, 0.3) is 39.5 Å². The smallest absolute Gasteiger partial charge is 0.145 e. The first-order chi connectivity index (χ1) is 21.3. The van der Waals surface area contributed by atoms with E-state index in [0.29, 0.717) is 0 Å². The lowest BCUT2D eigenvalue weighted by atomic mass is 9.97. The highest BCUT2D eigenvalue weighted by Crippen LogP contribution is 2.35. The SMILES string of the molecule is C1=CC(C2=NC(c3ccccc3)NC(c3ccc(-c4ccc(-n5c6c(c7ccccc75)CCC=C6)cc4)cc3)=C2)=CCC1. The van der Waals surface area contributed by atoms with E-state index in [1.807, 2.05) is 0 Å². The quantitative estimate of drug-likeness (QED) is 0.230. The van der Waals surface area contributed by atoms with Gasteiger partial charge in [-0.05, 0) is 89.4 Å². The Balaban J connectivity index is 1.09. The number of nitrogens with zero attached hydrogens (tertiary/aromatic N) is 2. The summed E-state index contributed by atoms with van der Waals surface area (Å²) in [5, 5.41) is 5.06. The maximum absolute atomic E-state index is 5.10. The molecule has 1 unspecified atom stereocenters. The predicted octanol–water partition coefficient (Wildman–Crippen LogP) is 9.62. The van der Waals surface area contributed by atoms with Crippen LogP contribution in [0.2, 0.25) is 0 Å². The number of aryl methyl sites for hydroxylation is 1. The van der Waals surface area contributed by atoms with E-state index in [1.54, 1.807) is 0 Å². The van der Waals surface area contributed by atoms with E-state index < -0.39 is 0 Å². The number of rotatable bonds is 5.